The zero-order chi connectivity index (χ0) is 13.0. The predicted molar refractivity (Wildman–Crippen MR) is 76.7 cm³/mol. The molecule has 0 bridgehead atoms. The summed E-state index contributed by atoms with van der Waals surface area (Å²) in [7, 11) is 0. The largest absolute Gasteiger partial charge is 0.389 e. The van der Waals surface area contributed by atoms with Crippen molar-refractivity contribution in [3.8, 4) is 0 Å². The summed E-state index contributed by atoms with van der Waals surface area (Å²) in [5, 5.41) is 13.5. The summed E-state index contributed by atoms with van der Waals surface area (Å²) in [6, 6.07) is 8.70. The lowest BCUT2D eigenvalue weighted by Crippen LogP contribution is -2.32. The maximum Gasteiger partial charge on any atom is 0.0781 e. The number of hydrogen-bond acceptors (Lipinski definition) is 2. The van der Waals surface area contributed by atoms with E-state index in [1.807, 2.05) is 25.1 Å². The second-order valence-electron chi connectivity index (χ2n) is 5.47. The van der Waals surface area contributed by atoms with Crippen molar-refractivity contribution in [3.05, 3.63) is 29.8 Å². The molecule has 1 aliphatic carbocycles. The van der Waals surface area contributed by atoms with Gasteiger partial charge in [0.1, 0.15) is 0 Å². The van der Waals surface area contributed by atoms with Gasteiger partial charge in [-0.3, -0.25) is 0 Å². The highest BCUT2D eigenvalue weighted by Crippen LogP contribution is 2.31. The predicted octanol–water partition coefficient (Wildman–Crippen LogP) is 4.12. The molecule has 3 atom stereocenters. The van der Waals surface area contributed by atoms with Crippen LogP contribution < -0.4 is 5.32 Å². The average molecular weight is 247 g/mol. The Morgan fingerprint density at radius 2 is 2.00 bits per heavy atom. The molecule has 0 amide bonds. The van der Waals surface area contributed by atoms with Gasteiger partial charge in [0.25, 0.3) is 0 Å². The van der Waals surface area contributed by atoms with Crippen LogP contribution in [0.5, 0.6) is 0 Å². The van der Waals surface area contributed by atoms with Crippen LogP contribution >= 0.6 is 0 Å². The molecule has 18 heavy (non-hydrogen) atoms. The zero-order valence-electron chi connectivity index (χ0n) is 11.5. The average Bonchev–Trinajstić information content (AvgIpc) is 2.40. The number of hydrogen-bond donors (Lipinski definition) is 2. The number of nitrogens with one attached hydrogen (secondary N) is 1. The molecule has 2 heteroatoms. The topological polar surface area (TPSA) is 32.3 Å². The normalized spacial score (nSPS) is 25.7. The molecule has 0 aliphatic heterocycles. The van der Waals surface area contributed by atoms with Gasteiger partial charge in [0.15, 0.2) is 0 Å². The molecule has 1 aliphatic rings. The zero-order valence-corrected chi connectivity index (χ0v) is 11.5. The Morgan fingerprint density at radius 3 is 2.72 bits per heavy atom. The highest BCUT2D eigenvalue weighted by molar-refractivity contribution is 5.52. The maximum atomic E-state index is 9.82. The SMILES string of the molecule is CCC1CCCCC1Nc1ccccc1C(C)O. The van der Waals surface area contributed by atoms with Gasteiger partial charge in [-0.1, -0.05) is 44.4 Å². The van der Waals surface area contributed by atoms with Crippen LogP contribution in [0, 0.1) is 5.92 Å². The van der Waals surface area contributed by atoms with Crippen LogP contribution in [-0.4, -0.2) is 11.1 Å². The number of para-hydroxylation sites is 1. The molecule has 0 spiro atoms. The minimum absolute atomic E-state index is 0.405. The molecule has 0 aromatic heterocycles. The van der Waals surface area contributed by atoms with E-state index in [1.54, 1.807) is 0 Å². The van der Waals surface area contributed by atoms with Gasteiger partial charge in [0, 0.05) is 17.3 Å². The van der Waals surface area contributed by atoms with E-state index in [4.69, 9.17) is 0 Å². The monoisotopic (exact) mass is 247 g/mol. The molecule has 1 aromatic rings. The lowest BCUT2D eigenvalue weighted by atomic mass is 9.82. The third-order valence-electron chi connectivity index (χ3n) is 4.19. The van der Waals surface area contributed by atoms with Gasteiger partial charge in [-0.05, 0) is 31.7 Å². The standard InChI is InChI=1S/C16H25NO/c1-3-13-8-4-6-10-15(13)17-16-11-7-5-9-14(16)12(2)18/h5,7,9,11-13,15,17-18H,3-4,6,8,10H2,1-2H3. The Bertz CT molecular complexity index is 375. The summed E-state index contributed by atoms with van der Waals surface area (Å²) in [6.45, 7) is 4.12. The summed E-state index contributed by atoms with van der Waals surface area (Å²) in [5.74, 6) is 0.779. The molecule has 2 rings (SSSR count). The summed E-state index contributed by atoms with van der Waals surface area (Å²) in [4.78, 5) is 0. The van der Waals surface area contributed by atoms with Gasteiger partial charge in [0.05, 0.1) is 6.10 Å². The Hall–Kier alpha value is -1.02. The van der Waals surface area contributed by atoms with Crippen LogP contribution in [0.1, 0.15) is 57.6 Å². The highest BCUT2D eigenvalue weighted by atomic mass is 16.3. The quantitative estimate of drug-likeness (QED) is 0.838. The molecule has 3 unspecified atom stereocenters. The maximum absolute atomic E-state index is 9.82. The second-order valence-corrected chi connectivity index (χ2v) is 5.47. The van der Waals surface area contributed by atoms with Crippen molar-refractivity contribution in [2.24, 2.45) is 5.92 Å². The Morgan fingerprint density at radius 1 is 1.28 bits per heavy atom. The Labute approximate surface area is 110 Å². The molecule has 0 saturated heterocycles. The van der Waals surface area contributed by atoms with Crippen molar-refractivity contribution in [1.82, 2.24) is 0 Å². The van der Waals surface area contributed by atoms with E-state index < -0.39 is 6.10 Å². The van der Waals surface area contributed by atoms with E-state index in [0.717, 1.165) is 17.2 Å². The number of anilines is 1. The lowest BCUT2D eigenvalue weighted by Gasteiger charge is -2.33. The fraction of sp³-hybridized carbons (Fsp3) is 0.625. The van der Waals surface area contributed by atoms with Crippen molar-refractivity contribution >= 4 is 5.69 Å². The Kier molecular flexibility index (Phi) is 4.65. The van der Waals surface area contributed by atoms with Gasteiger partial charge in [-0.15, -0.1) is 0 Å². The first-order chi connectivity index (χ1) is 8.72. The van der Waals surface area contributed by atoms with Crippen LogP contribution in [0.4, 0.5) is 5.69 Å². The molecule has 1 fully saturated rings. The van der Waals surface area contributed by atoms with Crippen molar-refractivity contribution in [2.45, 2.75) is 58.1 Å². The Balaban J connectivity index is 2.12. The van der Waals surface area contributed by atoms with Gasteiger partial charge >= 0.3 is 0 Å². The van der Waals surface area contributed by atoms with E-state index in [9.17, 15) is 5.11 Å². The van der Waals surface area contributed by atoms with Crippen LogP contribution in [0.15, 0.2) is 24.3 Å². The second kappa shape index (κ2) is 6.24. The van der Waals surface area contributed by atoms with Gasteiger partial charge in [-0.2, -0.15) is 0 Å². The van der Waals surface area contributed by atoms with Crippen LogP contribution in [0.25, 0.3) is 0 Å². The number of aliphatic hydroxyl groups excluding tert-OH is 1. The summed E-state index contributed by atoms with van der Waals surface area (Å²) >= 11 is 0. The summed E-state index contributed by atoms with van der Waals surface area (Å²) in [5.41, 5.74) is 2.12. The molecule has 2 N–H and O–H groups in total. The van der Waals surface area contributed by atoms with E-state index in [1.165, 1.54) is 32.1 Å². The fourth-order valence-electron chi connectivity index (χ4n) is 3.08. The minimum atomic E-state index is -0.405. The van der Waals surface area contributed by atoms with E-state index in [2.05, 4.69) is 18.3 Å². The van der Waals surface area contributed by atoms with Crippen LogP contribution in [0.3, 0.4) is 0 Å². The third kappa shape index (κ3) is 3.05. The third-order valence-corrected chi connectivity index (χ3v) is 4.19. The van der Waals surface area contributed by atoms with E-state index >= 15 is 0 Å². The molecular weight excluding hydrogens is 222 g/mol. The molecule has 100 valence electrons. The molecule has 1 aromatic carbocycles. The first-order valence-corrected chi connectivity index (χ1v) is 7.26. The van der Waals surface area contributed by atoms with Crippen molar-refractivity contribution < 1.29 is 5.11 Å². The van der Waals surface area contributed by atoms with Crippen molar-refractivity contribution in [1.29, 1.82) is 0 Å². The number of rotatable bonds is 4. The molecule has 0 radical (unpaired) electrons. The van der Waals surface area contributed by atoms with Crippen molar-refractivity contribution in [3.63, 3.8) is 0 Å². The van der Waals surface area contributed by atoms with Crippen LogP contribution in [-0.2, 0) is 0 Å². The highest BCUT2D eigenvalue weighted by Gasteiger charge is 2.24. The number of benzene rings is 1. The van der Waals surface area contributed by atoms with E-state index in [0.29, 0.717) is 6.04 Å². The van der Waals surface area contributed by atoms with Crippen molar-refractivity contribution in [2.75, 3.05) is 5.32 Å². The fourth-order valence-corrected chi connectivity index (χ4v) is 3.08. The van der Waals surface area contributed by atoms with Crippen LogP contribution in [0.2, 0.25) is 0 Å². The smallest absolute Gasteiger partial charge is 0.0781 e. The number of aliphatic hydroxyl groups is 1. The van der Waals surface area contributed by atoms with Gasteiger partial charge < -0.3 is 10.4 Å². The summed E-state index contributed by atoms with van der Waals surface area (Å²) in [6.07, 6.45) is 6.13. The molecule has 0 heterocycles. The molecule has 1 saturated carbocycles. The lowest BCUT2D eigenvalue weighted by molar-refractivity contribution is 0.199. The first kappa shape index (κ1) is 13.4. The van der Waals surface area contributed by atoms with Gasteiger partial charge in [-0.25, -0.2) is 0 Å². The molecule has 2 nitrogen and oxygen atoms in total. The first-order valence-electron chi connectivity index (χ1n) is 7.26. The van der Waals surface area contributed by atoms with E-state index in [-0.39, 0.29) is 0 Å². The van der Waals surface area contributed by atoms with Gasteiger partial charge in [0.2, 0.25) is 0 Å². The molecular formula is C16H25NO. The minimum Gasteiger partial charge on any atom is -0.389 e. The summed E-state index contributed by atoms with van der Waals surface area (Å²) < 4.78 is 0.